The molecule has 4 heterocycles. The van der Waals surface area contributed by atoms with Crippen molar-refractivity contribution in [2.45, 2.75) is 26.1 Å². The van der Waals surface area contributed by atoms with E-state index in [0.717, 1.165) is 5.69 Å². The summed E-state index contributed by atoms with van der Waals surface area (Å²) in [4.78, 5) is 8.97. The van der Waals surface area contributed by atoms with Crippen LogP contribution < -0.4 is 0 Å². The lowest BCUT2D eigenvalue weighted by Gasteiger charge is -2.10. The Hall–Kier alpha value is -3.47. The van der Waals surface area contributed by atoms with E-state index in [2.05, 4.69) is 25.3 Å². The lowest BCUT2D eigenvalue weighted by molar-refractivity contribution is -0.141. The second-order valence-corrected chi connectivity index (χ2v) is 7.36. The highest BCUT2D eigenvalue weighted by atomic mass is 35.5. The van der Waals surface area contributed by atoms with Crippen LogP contribution in [0, 0.1) is 6.92 Å². The Morgan fingerprint density at radius 1 is 1.06 bits per heavy atom. The zero-order valence-electron chi connectivity index (χ0n) is 16.2. The van der Waals surface area contributed by atoms with Gasteiger partial charge in [0.2, 0.25) is 0 Å². The molecule has 0 radical (unpaired) electrons. The lowest BCUT2D eigenvalue weighted by Crippen LogP contribution is -2.14. The molecule has 0 bridgehead atoms. The fourth-order valence-electron chi connectivity index (χ4n) is 3.44. The minimum atomic E-state index is -4.65. The van der Waals surface area contributed by atoms with Crippen molar-refractivity contribution >= 4 is 28.3 Å². The van der Waals surface area contributed by atoms with Crippen molar-refractivity contribution in [2.75, 3.05) is 0 Å². The molecular weight excluding hydrogens is 433 g/mol. The molecule has 0 amide bonds. The Morgan fingerprint density at radius 2 is 1.81 bits per heavy atom. The van der Waals surface area contributed by atoms with Crippen LogP contribution in [0.1, 0.15) is 30.2 Å². The van der Waals surface area contributed by atoms with Crippen LogP contribution in [0.3, 0.4) is 0 Å². The molecule has 158 valence electrons. The Bertz CT molecular complexity index is 1420. The predicted octanol–water partition coefficient (Wildman–Crippen LogP) is 4.25. The van der Waals surface area contributed by atoms with Gasteiger partial charge in [0, 0.05) is 0 Å². The third kappa shape index (κ3) is 3.03. The first-order chi connectivity index (χ1) is 14.8. The molecule has 1 aromatic carbocycles. The number of para-hydroxylation sites is 1. The molecule has 12 heteroatoms. The van der Waals surface area contributed by atoms with Crippen LogP contribution in [0.15, 0.2) is 42.9 Å². The van der Waals surface area contributed by atoms with E-state index in [0.29, 0.717) is 16.7 Å². The SMILES string of the molecule is Cc1c(Cl)c(C(F)(F)F)nn1[C@H](C)c1nc2c3cnn(-c4ccccc4)c3ncn2n1. The van der Waals surface area contributed by atoms with Crippen molar-refractivity contribution < 1.29 is 13.2 Å². The van der Waals surface area contributed by atoms with Crippen LogP contribution in [0.25, 0.3) is 22.4 Å². The van der Waals surface area contributed by atoms with E-state index in [4.69, 9.17) is 11.6 Å². The van der Waals surface area contributed by atoms with Crippen molar-refractivity contribution in [1.29, 1.82) is 0 Å². The van der Waals surface area contributed by atoms with Crippen LogP contribution in [-0.2, 0) is 6.18 Å². The summed E-state index contributed by atoms with van der Waals surface area (Å²) in [7, 11) is 0. The van der Waals surface area contributed by atoms with Crippen LogP contribution in [0.4, 0.5) is 13.2 Å². The number of fused-ring (bicyclic) bond motifs is 3. The van der Waals surface area contributed by atoms with E-state index in [9.17, 15) is 13.2 Å². The molecule has 0 aliphatic rings. The van der Waals surface area contributed by atoms with E-state index in [-0.39, 0.29) is 11.5 Å². The minimum absolute atomic E-state index is 0.181. The first-order valence-electron chi connectivity index (χ1n) is 9.22. The average molecular weight is 447 g/mol. The predicted molar refractivity (Wildman–Crippen MR) is 106 cm³/mol. The number of halogens is 4. The molecule has 0 saturated heterocycles. The van der Waals surface area contributed by atoms with E-state index in [1.165, 1.54) is 22.4 Å². The molecule has 31 heavy (non-hydrogen) atoms. The summed E-state index contributed by atoms with van der Waals surface area (Å²) >= 11 is 5.88. The van der Waals surface area contributed by atoms with Gasteiger partial charge in [-0.1, -0.05) is 29.8 Å². The van der Waals surface area contributed by atoms with Crippen LogP contribution in [0.5, 0.6) is 0 Å². The first kappa shape index (κ1) is 19.5. The fraction of sp³-hybridized carbons (Fsp3) is 0.211. The number of benzene rings is 1. The molecule has 1 atom stereocenters. The molecule has 0 spiro atoms. The molecular formula is C19H14ClF3N8. The number of hydrogen-bond donors (Lipinski definition) is 0. The van der Waals surface area contributed by atoms with E-state index in [1.54, 1.807) is 17.8 Å². The molecule has 0 fully saturated rings. The Morgan fingerprint density at radius 3 is 2.48 bits per heavy atom. The maximum absolute atomic E-state index is 13.2. The Balaban J connectivity index is 1.61. The largest absolute Gasteiger partial charge is 0.436 e. The van der Waals surface area contributed by atoms with Crippen LogP contribution in [-0.4, -0.2) is 39.1 Å². The van der Waals surface area contributed by atoms with Crippen molar-refractivity contribution in [1.82, 2.24) is 39.1 Å². The summed E-state index contributed by atoms with van der Waals surface area (Å²) in [5, 5.41) is 12.7. The molecule has 0 aliphatic heterocycles. The molecule has 0 N–H and O–H groups in total. The Labute approximate surface area is 177 Å². The molecule has 0 aliphatic carbocycles. The maximum Gasteiger partial charge on any atom is 0.436 e. The highest BCUT2D eigenvalue weighted by Crippen LogP contribution is 2.36. The summed E-state index contributed by atoms with van der Waals surface area (Å²) in [5.74, 6) is 0.276. The van der Waals surface area contributed by atoms with Gasteiger partial charge in [-0.25, -0.2) is 19.2 Å². The van der Waals surface area contributed by atoms with Crippen molar-refractivity contribution in [3.8, 4) is 5.69 Å². The van der Waals surface area contributed by atoms with Gasteiger partial charge in [-0.15, -0.1) is 5.10 Å². The monoisotopic (exact) mass is 446 g/mol. The number of alkyl halides is 3. The van der Waals surface area contributed by atoms with Gasteiger partial charge in [-0.3, -0.25) is 4.68 Å². The van der Waals surface area contributed by atoms with Gasteiger partial charge < -0.3 is 0 Å². The summed E-state index contributed by atoms with van der Waals surface area (Å²) in [6, 6.07) is 8.81. The van der Waals surface area contributed by atoms with Gasteiger partial charge in [0.1, 0.15) is 12.4 Å². The average Bonchev–Trinajstić information content (AvgIpc) is 3.43. The first-order valence-corrected chi connectivity index (χ1v) is 9.59. The zero-order chi connectivity index (χ0) is 21.9. The highest BCUT2D eigenvalue weighted by Gasteiger charge is 2.39. The fourth-order valence-corrected chi connectivity index (χ4v) is 3.67. The third-order valence-electron chi connectivity index (χ3n) is 5.01. The topological polar surface area (TPSA) is 78.7 Å². The number of rotatable bonds is 3. The van der Waals surface area contributed by atoms with Gasteiger partial charge >= 0.3 is 6.18 Å². The van der Waals surface area contributed by atoms with Crippen LogP contribution >= 0.6 is 11.6 Å². The molecule has 8 nitrogen and oxygen atoms in total. The second-order valence-electron chi connectivity index (χ2n) is 6.98. The number of hydrogen-bond acceptors (Lipinski definition) is 5. The maximum atomic E-state index is 13.2. The molecule has 0 saturated carbocycles. The summed E-state index contributed by atoms with van der Waals surface area (Å²) in [5.41, 5.74) is 0.962. The van der Waals surface area contributed by atoms with Gasteiger partial charge in [0.05, 0.1) is 28.0 Å². The third-order valence-corrected chi connectivity index (χ3v) is 5.46. The van der Waals surface area contributed by atoms with E-state index in [1.807, 2.05) is 30.3 Å². The summed E-state index contributed by atoms with van der Waals surface area (Å²) in [6.45, 7) is 3.13. The molecule has 0 unspecified atom stereocenters. The summed E-state index contributed by atoms with van der Waals surface area (Å²) < 4.78 is 43.9. The van der Waals surface area contributed by atoms with Crippen molar-refractivity contribution in [2.24, 2.45) is 0 Å². The van der Waals surface area contributed by atoms with E-state index >= 15 is 0 Å². The van der Waals surface area contributed by atoms with Crippen molar-refractivity contribution in [3.05, 3.63) is 65.1 Å². The zero-order valence-corrected chi connectivity index (χ0v) is 17.0. The smallest absolute Gasteiger partial charge is 0.257 e. The summed E-state index contributed by atoms with van der Waals surface area (Å²) in [6.07, 6.45) is -1.53. The normalized spacial score (nSPS) is 13.4. The van der Waals surface area contributed by atoms with Crippen LogP contribution in [0.2, 0.25) is 5.02 Å². The molecule has 5 aromatic rings. The van der Waals surface area contributed by atoms with E-state index < -0.39 is 22.9 Å². The second kappa shape index (κ2) is 6.77. The highest BCUT2D eigenvalue weighted by molar-refractivity contribution is 6.31. The van der Waals surface area contributed by atoms with Gasteiger partial charge in [-0.05, 0) is 26.0 Å². The Kier molecular flexibility index (Phi) is 4.26. The van der Waals surface area contributed by atoms with Gasteiger partial charge in [0.15, 0.2) is 22.8 Å². The number of aromatic nitrogens is 8. The standard InChI is InChI=1S/C19H14ClF3N8/c1-10-14(20)15(19(21,22)23)27-30(10)11(2)16-26-18-13-8-25-31(12-6-4-3-5-7-12)17(13)24-9-29(18)28-16/h3-9,11H,1-2H3/t11-/m1/s1. The van der Waals surface area contributed by atoms with Crippen molar-refractivity contribution in [3.63, 3.8) is 0 Å². The number of nitrogens with zero attached hydrogens (tertiary/aromatic N) is 8. The quantitative estimate of drug-likeness (QED) is 0.414. The van der Waals surface area contributed by atoms with Gasteiger partial charge in [-0.2, -0.15) is 23.4 Å². The lowest BCUT2D eigenvalue weighted by atomic mass is 10.3. The van der Waals surface area contributed by atoms with Gasteiger partial charge in [0.25, 0.3) is 0 Å². The molecule has 4 aromatic heterocycles. The molecule has 5 rings (SSSR count). The minimum Gasteiger partial charge on any atom is -0.257 e.